The number of likely N-dealkylation sites (tertiary alicyclic amines) is 1. The fraction of sp³-hybridized carbons (Fsp3) is 0.500. The summed E-state index contributed by atoms with van der Waals surface area (Å²) in [7, 11) is 0. The van der Waals surface area contributed by atoms with Gasteiger partial charge in [0.15, 0.2) is 0 Å². The van der Waals surface area contributed by atoms with Gasteiger partial charge in [0.25, 0.3) is 0 Å². The molecule has 0 saturated carbocycles. The van der Waals surface area contributed by atoms with E-state index in [0.717, 1.165) is 24.1 Å². The third kappa shape index (κ3) is 4.21. The fourth-order valence-corrected chi connectivity index (χ4v) is 2.68. The first-order valence-electron chi connectivity index (χ1n) is 7.30. The van der Waals surface area contributed by atoms with Crippen molar-refractivity contribution in [1.29, 1.82) is 0 Å². The number of benzene rings is 1. The molecule has 1 unspecified atom stereocenters. The van der Waals surface area contributed by atoms with Crippen LogP contribution in [0, 0.1) is 19.8 Å². The maximum atomic E-state index is 12.3. The molecule has 1 aromatic carbocycles. The van der Waals surface area contributed by atoms with Crippen molar-refractivity contribution in [2.24, 2.45) is 5.92 Å². The second kappa shape index (κ2) is 6.61. The van der Waals surface area contributed by atoms with Crippen LogP contribution in [0.15, 0.2) is 18.2 Å². The number of anilines is 1. The number of aryl methyl sites for hydroxylation is 2. The normalized spacial score (nSPS) is 18.4. The van der Waals surface area contributed by atoms with Gasteiger partial charge in [-0.25, -0.2) is 4.79 Å². The number of amides is 2. The Balaban J connectivity index is 1.96. The topological polar surface area (TPSA) is 69.6 Å². The zero-order valence-corrected chi connectivity index (χ0v) is 12.6. The lowest BCUT2D eigenvalue weighted by atomic mass is 9.95. The monoisotopic (exact) mass is 290 g/mol. The van der Waals surface area contributed by atoms with Crippen molar-refractivity contribution in [3.05, 3.63) is 29.3 Å². The van der Waals surface area contributed by atoms with Crippen LogP contribution in [0.25, 0.3) is 0 Å². The number of rotatable bonds is 3. The standard InChI is InChI=1S/C16H22N2O3/c1-11-5-6-14(8-12(11)2)17-16(21)18-7-3-4-13(10-18)9-15(19)20/h5-6,8,13H,3-4,7,9-10H2,1-2H3,(H,17,21)(H,19,20). The molecule has 21 heavy (non-hydrogen) atoms. The van der Waals surface area contributed by atoms with Crippen molar-refractivity contribution in [3.8, 4) is 0 Å². The lowest BCUT2D eigenvalue weighted by Crippen LogP contribution is -2.42. The van der Waals surface area contributed by atoms with E-state index in [1.165, 1.54) is 5.56 Å². The summed E-state index contributed by atoms with van der Waals surface area (Å²) in [5.41, 5.74) is 3.10. The lowest BCUT2D eigenvalue weighted by Gasteiger charge is -2.32. The minimum absolute atomic E-state index is 0.0572. The summed E-state index contributed by atoms with van der Waals surface area (Å²) in [5.74, 6) is -0.738. The van der Waals surface area contributed by atoms with E-state index >= 15 is 0 Å². The quantitative estimate of drug-likeness (QED) is 0.899. The molecule has 0 aliphatic carbocycles. The fourth-order valence-electron chi connectivity index (χ4n) is 2.68. The number of carbonyl (C=O) groups is 2. The van der Waals surface area contributed by atoms with Crippen LogP contribution in [-0.2, 0) is 4.79 Å². The molecule has 1 aliphatic heterocycles. The van der Waals surface area contributed by atoms with Crippen molar-refractivity contribution in [2.45, 2.75) is 33.1 Å². The molecule has 1 atom stereocenters. The summed E-state index contributed by atoms with van der Waals surface area (Å²) in [6.07, 6.45) is 1.87. The molecular formula is C16H22N2O3. The summed E-state index contributed by atoms with van der Waals surface area (Å²) in [4.78, 5) is 24.8. The highest BCUT2D eigenvalue weighted by Crippen LogP contribution is 2.21. The second-order valence-electron chi connectivity index (χ2n) is 5.78. The van der Waals surface area contributed by atoms with Gasteiger partial charge in [0.1, 0.15) is 0 Å². The molecule has 0 aromatic heterocycles. The smallest absolute Gasteiger partial charge is 0.321 e. The first-order chi connectivity index (χ1) is 9.95. The molecule has 1 aromatic rings. The molecule has 0 bridgehead atoms. The molecule has 1 fully saturated rings. The molecule has 2 amide bonds. The Morgan fingerprint density at radius 3 is 2.76 bits per heavy atom. The van der Waals surface area contributed by atoms with E-state index < -0.39 is 5.97 Å². The van der Waals surface area contributed by atoms with Gasteiger partial charge in [-0.15, -0.1) is 0 Å². The van der Waals surface area contributed by atoms with Crippen LogP contribution in [0.1, 0.15) is 30.4 Å². The van der Waals surface area contributed by atoms with Crippen molar-refractivity contribution >= 4 is 17.7 Å². The number of carboxylic acids is 1. The molecule has 1 aliphatic rings. The van der Waals surface area contributed by atoms with E-state index in [1.54, 1.807) is 4.90 Å². The number of nitrogens with one attached hydrogen (secondary N) is 1. The summed E-state index contributed by atoms with van der Waals surface area (Å²) >= 11 is 0. The van der Waals surface area contributed by atoms with Crippen LogP contribution < -0.4 is 5.32 Å². The van der Waals surface area contributed by atoms with Crippen molar-refractivity contribution in [2.75, 3.05) is 18.4 Å². The molecular weight excluding hydrogens is 268 g/mol. The van der Waals surface area contributed by atoms with E-state index in [-0.39, 0.29) is 18.4 Å². The van der Waals surface area contributed by atoms with Crippen molar-refractivity contribution in [3.63, 3.8) is 0 Å². The zero-order chi connectivity index (χ0) is 15.4. The molecule has 2 rings (SSSR count). The van der Waals surface area contributed by atoms with Gasteiger partial charge in [-0.3, -0.25) is 4.79 Å². The molecule has 114 valence electrons. The Morgan fingerprint density at radius 1 is 1.33 bits per heavy atom. The summed E-state index contributed by atoms with van der Waals surface area (Å²) in [6, 6.07) is 5.67. The number of urea groups is 1. The first kappa shape index (κ1) is 15.4. The van der Waals surface area contributed by atoms with E-state index in [4.69, 9.17) is 5.11 Å². The number of piperidine rings is 1. The van der Waals surface area contributed by atoms with Crippen molar-refractivity contribution in [1.82, 2.24) is 4.90 Å². The average molecular weight is 290 g/mol. The molecule has 0 spiro atoms. The van der Waals surface area contributed by atoms with Crippen LogP contribution in [0.3, 0.4) is 0 Å². The largest absolute Gasteiger partial charge is 0.481 e. The predicted octanol–water partition coefficient (Wildman–Crippen LogP) is 3.02. The van der Waals surface area contributed by atoms with E-state index in [0.29, 0.717) is 13.1 Å². The minimum Gasteiger partial charge on any atom is -0.481 e. The Hall–Kier alpha value is -2.04. The lowest BCUT2D eigenvalue weighted by molar-refractivity contribution is -0.138. The number of carboxylic acid groups (broad SMARTS) is 1. The number of hydrogen-bond acceptors (Lipinski definition) is 2. The van der Waals surface area contributed by atoms with Gasteiger partial charge in [0.05, 0.1) is 0 Å². The molecule has 2 N–H and O–H groups in total. The highest BCUT2D eigenvalue weighted by molar-refractivity contribution is 5.89. The van der Waals surface area contributed by atoms with Gasteiger partial charge in [0.2, 0.25) is 0 Å². The summed E-state index contributed by atoms with van der Waals surface area (Å²) in [5, 5.41) is 11.8. The van der Waals surface area contributed by atoms with E-state index in [1.807, 2.05) is 32.0 Å². The molecule has 1 heterocycles. The highest BCUT2D eigenvalue weighted by Gasteiger charge is 2.25. The van der Waals surface area contributed by atoms with Crippen molar-refractivity contribution < 1.29 is 14.7 Å². The SMILES string of the molecule is Cc1ccc(NC(=O)N2CCCC(CC(=O)O)C2)cc1C. The predicted molar refractivity (Wildman–Crippen MR) is 81.5 cm³/mol. The Morgan fingerprint density at radius 2 is 2.10 bits per heavy atom. The van der Waals surface area contributed by atoms with Gasteiger partial charge >= 0.3 is 12.0 Å². The maximum absolute atomic E-state index is 12.3. The van der Waals surface area contributed by atoms with E-state index in [9.17, 15) is 9.59 Å². The number of aliphatic carboxylic acids is 1. The maximum Gasteiger partial charge on any atom is 0.321 e. The van der Waals surface area contributed by atoms with Crippen LogP contribution in [0.5, 0.6) is 0 Å². The number of nitrogens with zero attached hydrogens (tertiary/aromatic N) is 1. The summed E-state index contributed by atoms with van der Waals surface area (Å²) in [6.45, 7) is 5.24. The van der Waals surface area contributed by atoms with E-state index in [2.05, 4.69) is 5.32 Å². The molecule has 0 radical (unpaired) electrons. The molecule has 5 heteroatoms. The van der Waals surface area contributed by atoms with Gasteiger partial charge in [0, 0.05) is 25.2 Å². The Kier molecular flexibility index (Phi) is 4.83. The molecule has 1 saturated heterocycles. The Labute approximate surface area is 125 Å². The third-order valence-electron chi connectivity index (χ3n) is 4.03. The number of carbonyl (C=O) groups excluding carboxylic acids is 1. The molecule has 5 nitrogen and oxygen atoms in total. The third-order valence-corrected chi connectivity index (χ3v) is 4.03. The highest BCUT2D eigenvalue weighted by atomic mass is 16.4. The summed E-state index contributed by atoms with van der Waals surface area (Å²) < 4.78 is 0. The minimum atomic E-state index is -0.795. The van der Waals surface area contributed by atoms with Gasteiger partial charge < -0.3 is 15.3 Å². The Bertz CT molecular complexity index is 542. The average Bonchev–Trinajstić information content (AvgIpc) is 2.42. The second-order valence-corrected chi connectivity index (χ2v) is 5.78. The van der Waals surface area contributed by atoms with Gasteiger partial charge in [-0.05, 0) is 55.9 Å². The van der Waals surface area contributed by atoms with Crippen LogP contribution in [-0.4, -0.2) is 35.1 Å². The van der Waals surface area contributed by atoms with Crippen LogP contribution in [0.2, 0.25) is 0 Å². The zero-order valence-electron chi connectivity index (χ0n) is 12.6. The van der Waals surface area contributed by atoms with Gasteiger partial charge in [-0.1, -0.05) is 6.07 Å². The first-order valence-corrected chi connectivity index (χ1v) is 7.30. The van der Waals surface area contributed by atoms with Crippen LogP contribution >= 0.6 is 0 Å². The number of hydrogen-bond donors (Lipinski definition) is 2. The van der Waals surface area contributed by atoms with Gasteiger partial charge in [-0.2, -0.15) is 0 Å². The van der Waals surface area contributed by atoms with Crippen LogP contribution in [0.4, 0.5) is 10.5 Å².